The normalized spacial score (nSPS) is 12.5. The van der Waals surface area contributed by atoms with Gasteiger partial charge in [0.05, 0.1) is 22.1 Å². The molecule has 0 spiro atoms. The second kappa shape index (κ2) is 4.70. The number of hydrogen-bond acceptors (Lipinski definition) is 6. The lowest BCUT2D eigenvalue weighted by Gasteiger charge is -2.07. The van der Waals surface area contributed by atoms with Gasteiger partial charge in [-0.15, -0.1) is 0 Å². The van der Waals surface area contributed by atoms with Crippen LogP contribution in [0.25, 0.3) is 10.9 Å². The summed E-state index contributed by atoms with van der Waals surface area (Å²) >= 11 is 0. The van der Waals surface area contributed by atoms with Crippen molar-refractivity contribution >= 4 is 30.8 Å². The van der Waals surface area contributed by atoms with Crippen LogP contribution >= 0.6 is 0 Å². The van der Waals surface area contributed by atoms with Crippen LogP contribution in [0.5, 0.6) is 0 Å². The zero-order chi connectivity index (χ0) is 16.0. The Morgan fingerprint density at radius 1 is 1.10 bits per heavy atom. The molecule has 0 saturated heterocycles. The molecule has 2 aromatic rings. The molecule has 0 radical (unpaired) electrons. The van der Waals surface area contributed by atoms with E-state index in [1.54, 1.807) is 4.83 Å². The third-order valence-electron chi connectivity index (χ3n) is 2.55. The first kappa shape index (κ1) is 15.3. The van der Waals surface area contributed by atoms with E-state index in [0.29, 0.717) is 4.68 Å². The fourth-order valence-corrected chi connectivity index (χ4v) is 2.82. The molecule has 0 atom stereocenters. The standard InChI is InChI=1S/C10H11N3O6S2/c1-20(16,17)6-3-4-7-8(5-6)11-10(15)13(9(7)14)12-21(2,18)19/h3-5,12H,1-2H3,(H,11,15). The molecule has 2 rings (SSSR count). The highest BCUT2D eigenvalue weighted by Gasteiger charge is 2.14. The number of nitrogens with zero attached hydrogens (tertiary/aromatic N) is 1. The molecule has 21 heavy (non-hydrogen) atoms. The van der Waals surface area contributed by atoms with Gasteiger partial charge in [0.1, 0.15) is 0 Å². The van der Waals surface area contributed by atoms with Crippen molar-refractivity contribution in [3.63, 3.8) is 0 Å². The second-order valence-corrected chi connectivity index (χ2v) is 8.16. The number of H-pyrrole nitrogens is 1. The van der Waals surface area contributed by atoms with E-state index in [2.05, 4.69) is 4.98 Å². The maximum Gasteiger partial charge on any atom is 0.348 e. The van der Waals surface area contributed by atoms with Crippen LogP contribution in [-0.2, 0) is 19.9 Å². The van der Waals surface area contributed by atoms with Crippen molar-refractivity contribution in [1.82, 2.24) is 9.66 Å². The van der Waals surface area contributed by atoms with Gasteiger partial charge in [-0.05, 0) is 18.2 Å². The number of aromatic nitrogens is 2. The maximum absolute atomic E-state index is 12.1. The van der Waals surface area contributed by atoms with Gasteiger partial charge < -0.3 is 4.98 Å². The van der Waals surface area contributed by atoms with Gasteiger partial charge in [-0.1, -0.05) is 0 Å². The summed E-state index contributed by atoms with van der Waals surface area (Å²) in [5, 5.41) is -0.0295. The van der Waals surface area contributed by atoms with E-state index in [4.69, 9.17) is 0 Å². The van der Waals surface area contributed by atoms with Gasteiger partial charge in [0.25, 0.3) is 5.56 Å². The van der Waals surface area contributed by atoms with Crippen molar-refractivity contribution in [3.8, 4) is 0 Å². The first-order chi connectivity index (χ1) is 9.49. The maximum atomic E-state index is 12.1. The Morgan fingerprint density at radius 3 is 2.24 bits per heavy atom. The monoisotopic (exact) mass is 333 g/mol. The molecular formula is C10H11N3O6S2. The highest BCUT2D eigenvalue weighted by Crippen LogP contribution is 2.13. The first-order valence-corrected chi connectivity index (χ1v) is 9.24. The van der Waals surface area contributed by atoms with Gasteiger partial charge in [-0.3, -0.25) is 4.79 Å². The van der Waals surface area contributed by atoms with E-state index in [0.717, 1.165) is 18.6 Å². The number of hydrogen-bond donors (Lipinski definition) is 2. The summed E-state index contributed by atoms with van der Waals surface area (Å²) in [5.74, 6) is 0. The number of nitrogens with one attached hydrogen (secondary N) is 2. The zero-order valence-electron chi connectivity index (χ0n) is 10.9. The van der Waals surface area contributed by atoms with Crippen LogP contribution in [0.3, 0.4) is 0 Å². The summed E-state index contributed by atoms with van der Waals surface area (Å²) in [6.45, 7) is 0. The molecule has 11 heteroatoms. The Kier molecular flexibility index (Phi) is 3.41. The molecular weight excluding hydrogens is 322 g/mol. The molecule has 1 aromatic carbocycles. The molecule has 114 valence electrons. The van der Waals surface area contributed by atoms with Crippen molar-refractivity contribution in [3.05, 3.63) is 39.0 Å². The van der Waals surface area contributed by atoms with E-state index in [-0.39, 0.29) is 15.8 Å². The summed E-state index contributed by atoms with van der Waals surface area (Å²) in [6, 6.07) is 3.53. The Bertz CT molecular complexity index is 1050. The third kappa shape index (κ3) is 3.13. The van der Waals surface area contributed by atoms with Gasteiger partial charge in [0.15, 0.2) is 9.84 Å². The summed E-state index contributed by atoms with van der Waals surface area (Å²) in [5.41, 5.74) is -1.93. The highest BCUT2D eigenvalue weighted by molar-refractivity contribution is 7.91. The Morgan fingerprint density at radius 2 is 1.71 bits per heavy atom. The van der Waals surface area contributed by atoms with Gasteiger partial charge in [0, 0.05) is 6.26 Å². The Hall–Kier alpha value is -2.14. The number of benzene rings is 1. The fraction of sp³-hybridized carbons (Fsp3) is 0.200. The Labute approximate surface area is 119 Å². The van der Waals surface area contributed by atoms with Gasteiger partial charge in [-0.25, -0.2) is 26.5 Å². The van der Waals surface area contributed by atoms with Crippen LogP contribution in [0.15, 0.2) is 32.7 Å². The Balaban J connectivity index is 2.82. The number of sulfonamides is 1. The van der Waals surface area contributed by atoms with E-state index in [9.17, 15) is 26.4 Å². The minimum absolute atomic E-state index is 0.000485. The predicted molar refractivity (Wildman–Crippen MR) is 76.1 cm³/mol. The summed E-state index contributed by atoms with van der Waals surface area (Å²) in [4.78, 5) is 27.7. The molecule has 0 amide bonds. The van der Waals surface area contributed by atoms with Crippen LogP contribution in [-0.4, -0.2) is 39.0 Å². The van der Waals surface area contributed by atoms with Crippen molar-refractivity contribution < 1.29 is 16.8 Å². The third-order valence-corrected chi connectivity index (χ3v) is 4.18. The summed E-state index contributed by atoms with van der Waals surface area (Å²) in [6.07, 6.45) is 1.77. The lowest BCUT2D eigenvalue weighted by molar-refractivity contribution is 0.598. The van der Waals surface area contributed by atoms with E-state index in [1.807, 2.05) is 0 Å². The number of sulfone groups is 1. The average molecular weight is 333 g/mol. The van der Waals surface area contributed by atoms with Gasteiger partial charge >= 0.3 is 5.69 Å². The number of rotatable bonds is 3. The lowest BCUT2D eigenvalue weighted by Crippen LogP contribution is -2.43. The minimum atomic E-state index is -3.83. The predicted octanol–water partition coefficient (Wildman–Crippen LogP) is -1.40. The van der Waals surface area contributed by atoms with Crippen molar-refractivity contribution in [2.75, 3.05) is 17.3 Å². The molecule has 0 saturated carbocycles. The van der Waals surface area contributed by atoms with Gasteiger partial charge in [0.2, 0.25) is 10.0 Å². The summed E-state index contributed by atoms with van der Waals surface area (Å²) < 4.78 is 45.4. The van der Waals surface area contributed by atoms with Crippen molar-refractivity contribution in [1.29, 1.82) is 0 Å². The molecule has 1 aromatic heterocycles. The number of aromatic amines is 1. The highest BCUT2D eigenvalue weighted by atomic mass is 32.2. The fourth-order valence-electron chi connectivity index (χ4n) is 1.68. The number of fused-ring (bicyclic) bond motifs is 1. The van der Waals surface area contributed by atoms with Gasteiger partial charge in [-0.2, -0.15) is 4.68 Å². The first-order valence-electron chi connectivity index (χ1n) is 5.46. The molecule has 0 fully saturated rings. The van der Waals surface area contributed by atoms with Crippen LogP contribution in [0.4, 0.5) is 0 Å². The van der Waals surface area contributed by atoms with E-state index >= 15 is 0 Å². The topological polar surface area (TPSA) is 135 Å². The van der Waals surface area contributed by atoms with Crippen molar-refractivity contribution in [2.24, 2.45) is 0 Å². The van der Waals surface area contributed by atoms with E-state index < -0.39 is 31.1 Å². The largest absolute Gasteiger partial charge is 0.348 e. The molecule has 0 unspecified atom stereocenters. The molecule has 0 bridgehead atoms. The molecule has 0 aliphatic rings. The average Bonchev–Trinajstić information content (AvgIpc) is 2.31. The zero-order valence-corrected chi connectivity index (χ0v) is 12.6. The van der Waals surface area contributed by atoms with Crippen LogP contribution in [0.2, 0.25) is 0 Å². The lowest BCUT2D eigenvalue weighted by atomic mass is 10.2. The summed E-state index contributed by atoms with van der Waals surface area (Å²) in [7, 11) is -7.33. The quantitative estimate of drug-likeness (QED) is 0.709. The molecule has 9 nitrogen and oxygen atoms in total. The van der Waals surface area contributed by atoms with Crippen LogP contribution < -0.4 is 16.1 Å². The SMILES string of the molecule is CS(=O)(=O)Nn1c(=O)[nH]c2cc(S(C)(=O)=O)ccc2c1=O. The molecule has 0 aliphatic carbocycles. The van der Waals surface area contributed by atoms with Crippen LogP contribution in [0, 0.1) is 0 Å². The second-order valence-electron chi connectivity index (χ2n) is 4.41. The van der Waals surface area contributed by atoms with Crippen molar-refractivity contribution in [2.45, 2.75) is 4.90 Å². The molecule has 0 aliphatic heterocycles. The molecule has 1 heterocycles. The smallest absolute Gasteiger partial charge is 0.305 e. The molecule has 2 N–H and O–H groups in total. The van der Waals surface area contributed by atoms with Crippen LogP contribution in [0.1, 0.15) is 0 Å². The van der Waals surface area contributed by atoms with E-state index in [1.165, 1.54) is 12.1 Å². The minimum Gasteiger partial charge on any atom is -0.305 e.